The summed E-state index contributed by atoms with van der Waals surface area (Å²) in [4.78, 5) is 27.5. The third kappa shape index (κ3) is 5.76. The van der Waals surface area contributed by atoms with Crippen LogP contribution in [-0.4, -0.2) is 36.8 Å². The van der Waals surface area contributed by atoms with Gasteiger partial charge in [-0.25, -0.2) is 0 Å². The Balaban J connectivity index is 1.42. The zero-order chi connectivity index (χ0) is 19.9. The van der Waals surface area contributed by atoms with Crippen molar-refractivity contribution in [3.63, 3.8) is 0 Å². The van der Waals surface area contributed by atoms with Crippen molar-refractivity contribution >= 4 is 35.0 Å². The molecule has 0 aliphatic carbocycles. The predicted molar refractivity (Wildman–Crippen MR) is 114 cm³/mol. The van der Waals surface area contributed by atoms with E-state index in [4.69, 9.17) is 4.74 Å². The van der Waals surface area contributed by atoms with E-state index < -0.39 is 5.97 Å². The van der Waals surface area contributed by atoms with Crippen LogP contribution >= 0.6 is 11.8 Å². The van der Waals surface area contributed by atoms with Crippen molar-refractivity contribution in [2.45, 2.75) is 36.8 Å². The number of amides is 1. The van der Waals surface area contributed by atoms with Crippen LogP contribution in [-0.2, 0) is 14.3 Å². The summed E-state index contributed by atoms with van der Waals surface area (Å²) < 4.78 is 5.16. The fourth-order valence-electron chi connectivity index (χ4n) is 3.05. The van der Waals surface area contributed by atoms with Crippen LogP contribution < -0.4 is 10.2 Å². The number of anilines is 2. The lowest BCUT2D eigenvalue weighted by atomic mass is 10.2. The number of hydrogen-bond donors (Lipinski definition) is 1. The monoisotopic (exact) mass is 398 g/mol. The number of rotatable bonds is 7. The third-order valence-corrected chi connectivity index (χ3v) is 5.72. The highest BCUT2D eigenvalue weighted by Crippen LogP contribution is 2.24. The van der Waals surface area contributed by atoms with Gasteiger partial charge in [0.15, 0.2) is 6.61 Å². The first-order chi connectivity index (χ1) is 13.5. The minimum absolute atomic E-state index is 0.286. The minimum Gasteiger partial charge on any atom is -0.455 e. The highest BCUT2D eigenvalue weighted by atomic mass is 32.2. The van der Waals surface area contributed by atoms with Gasteiger partial charge >= 0.3 is 5.97 Å². The van der Waals surface area contributed by atoms with Crippen molar-refractivity contribution in [3.8, 4) is 0 Å². The summed E-state index contributed by atoms with van der Waals surface area (Å²) in [7, 11) is 0. The number of nitrogens with zero attached hydrogens (tertiary/aromatic N) is 1. The maximum atomic E-state index is 12.1. The van der Waals surface area contributed by atoms with Gasteiger partial charge in [0.25, 0.3) is 5.91 Å². The number of thioether (sulfide) groups is 1. The molecule has 1 heterocycles. The van der Waals surface area contributed by atoms with Gasteiger partial charge in [0.2, 0.25) is 0 Å². The predicted octanol–water partition coefficient (Wildman–Crippen LogP) is 4.26. The Morgan fingerprint density at radius 3 is 2.36 bits per heavy atom. The number of nitrogens with one attached hydrogen (secondary N) is 1. The Labute approximate surface area is 170 Å². The van der Waals surface area contributed by atoms with Gasteiger partial charge in [0.05, 0.1) is 0 Å². The van der Waals surface area contributed by atoms with Crippen molar-refractivity contribution in [3.05, 3.63) is 54.1 Å². The maximum absolute atomic E-state index is 12.1. The normalized spacial score (nSPS) is 14.6. The molecular weight excluding hydrogens is 372 g/mol. The Hall–Kier alpha value is -2.47. The average molecular weight is 399 g/mol. The molecule has 6 heteroatoms. The first-order valence-electron chi connectivity index (χ1n) is 9.56. The van der Waals surface area contributed by atoms with E-state index in [1.54, 1.807) is 6.92 Å². The highest BCUT2D eigenvalue weighted by molar-refractivity contribution is 8.00. The molecule has 1 atom stereocenters. The molecule has 0 spiro atoms. The Bertz CT molecular complexity index is 800. The molecule has 1 saturated heterocycles. The minimum atomic E-state index is -0.398. The van der Waals surface area contributed by atoms with Gasteiger partial charge in [0, 0.05) is 29.4 Å². The first-order valence-corrected chi connectivity index (χ1v) is 10.4. The summed E-state index contributed by atoms with van der Waals surface area (Å²) >= 11 is 1.42. The highest BCUT2D eigenvalue weighted by Gasteiger charge is 2.17. The molecule has 0 aromatic heterocycles. The van der Waals surface area contributed by atoms with Crippen LogP contribution in [0.15, 0.2) is 53.4 Å². The molecule has 1 fully saturated rings. The van der Waals surface area contributed by atoms with Crippen molar-refractivity contribution in [2.24, 2.45) is 0 Å². The molecule has 0 saturated carbocycles. The molecule has 1 amide bonds. The van der Waals surface area contributed by atoms with Gasteiger partial charge < -0.3 is 15.0 Å². The molecule has 148 valence electrons. The van der Waals surface area contributed by atoms with E-state index in [-0.39, 0.29) is 17.8 Å². The number of aryl methyl sites for hydroxylation is 1. The zero-order valence-corrected chi connectivity index (χ0v) is 17.1. The van der Waals surface area contributed by atoms with Crippen LogP contribution in [0, 0.1) is 6.92 Å². The molecule has 1 aliphatic heterocycles. The van der Waals surface area contributed by atoms with Gasteiger partial charge in [-0.3, -0.25) is 9.59 Å². The summed E-state index contributed by atoms with van der Waals surface area (Å²) in [5.41, 5.74) is 3.04. The van der Waals surface area contributed by atoms with Crippen molar-refractivity contribution in [1.29, 1.82) is 0 Å². The zero-order valence-electron chi connectivity index (χ0n) is 16.3. The molecule has 0 unspecified atom stereocenters. The molecule has 2 aromatic rings. The van der Waals surface area contributed by atoms with E-state index in [9.17, 15) is 9.59 Å². The fraction of sp³-hybridized carbons (Fsp3) is 0.364. The van der Waals surface area contributed by atoms with E-state index in [2.05, 4.69) is 10.2 Å². The fourth-order valence-corrected chi connectivity index (χ4v) is 3.92. The number of carbonyl (C=O) groups excluding carboxylic acids is 2. The summed E-state index contributed by atoms with van der Waals surface area (Å²) in [6, 6.07) is 15.7. The third-order valence-electron chi connectivity index (χ3n) is 4.63. The van der Waals surface area contributed by atoms with Gasteiger partial charge in [0.1, 0.15) is 5.25 Å². The molecule has 5 nitrogen and oxygen atoms in total. The molecule has 1 aliphatic rings. The second-order valence-corrected chi connectivity index (χ2v) is 8.38. The molecule has 1 N–H and O–H groups in total. The van der Waals surface area contributed by atoms with Crippen LogP contribution in [0.1, 0.15) is 25.3 Å². The Morgan fingerprint density at radius 1 is 1.07 bits per heavy atom. The topological polar surface area (TPSA) is 58.6 Å². The second kappa shape index (κ2) is 9.64. The van der Waals surface area contributed by atoms with Crippen LogP contribution in [0.4, 0.5) is 11.4 Å². The lowest BCUT2D eigenvalue weighted by Gasteiger charge is -2.17. The lowest BCUT2D eigenvalue weighted by Crippen LogP contribution is -2.24. The number of hydrogen-bond acceptors (Lipinski definition) is 5. The van der Waals surface area contributed by atoms with Crippen LogP contribution in [0.25, 0.3) is 0 Å². The van der Waals surface area contributed by atoms with E-state index in [0.717, 1.165) is 18.0 Å². The molecule has 2 aromatic carbocycles. The average Bonchev–Trinajstić information content (AvgIpc) is 3.23. The largest absolute Gasteiger partial charge is 0.455 e. The van der Waals surface area contributed by atoms with E-state index >= 15 is 0 Å². The summed E-state index contributed by atoms with van der Waals surface area (Å²) in [6.45, 7) is 5.68. The maximum Gasteiger partial charge on any atom is 0.319 e. The van der Waals surface area contributed by atoms with Crippen molar-refractivity contribution in [2.75, 3.05) is 29.9 Å². The standard InChI is InChI=1S/C22H26N2O3S/c1-16-5-11-20(12-6-16)28-17(2)22(26)27-15-21(25)23-18-7-9-19(10-8-18)24-13-3-4-14-24/h5-12,17H,3-4,13-15H2,1-2H3,(H,23,25)/t17-/m0/s1. The first kappa shape index (κ1) is 20.3. The lowest BCUT2D eigenvalue weighted by molar-refractivity contribution is -0.146. The van der Waals surface area contributed by atoms with E-state index in [0.29, 0.717) is 5.69 Å². The number of ether oxygens (including phenoxy) is 1. The van der Waals surface area contributed by atoms with Crippen LogP contribution in [0.5, 0.6) is 0 Å². The molecular formula is C22H26N2O3S. The van der Waals surface area contributed by atoms with Gasteiger partial charge in [-0.1, -0.05) is 17.7 Å². The number of benzene rings is 2. The quantitative estimate of drug-likeness (QED) is 0.558. The van der Waals surface area contributed by atoms with E-state index in [1.807, 2.05) is 55.5 Å². The Morgan fingerprint density at radius 2 is 1.71 bits per heavy atom. The molecule has 0 bridgehead atoms. The molecule has 3 rings (SSSR count). The number of carbonyl (C=O) groups is 2. The summed E-state index contributed by atoms with van der Waals surface area (Å²) in [5, 5.41) is 2.39. The van der Waals surface area contributed by atoms with Gasteiger partial charge in [-0.05, 0) is 63.1 Å². The van der Waals surface area contributed by atoms with Crippen LogP contribution in [0.2, 0.25) is 0 Å². The summed E-state index contributed by atoms with van der Waals surface area (Å²) in [5.74, 6) is -0.736. The van der Waals surface area contributed by atoms with E-state index in [1.165, 1.54) is 35.9 Å². The van der Waals surface area contributed by atoms with Gasteiger partial charge in [-0.15, -0.1) is 11.8 Å². The molecule has 0 radical (unpaired) electrons. The Kier molecular flexibility index (Phi) is 6.98. The molecule has 28 heavy (non-hydrogen) atoms. The van der Waals surface area contributed by atoms with Gasteiger partial charge in [-0.2, -0.15) is 0 Å². The SMILES string of the molecule is Cc1ccc(S[C@@H](C)C(=O)OCC(=O)Nc2ccc(N3CCCC3)cc2)cc1. The number of esters is 1. The summed E-state index contributed by atoms with van der Waals surface area (Å²) in [6.07, 6.45) is 2.45. The smallest absolute Gasteiger partial charge is 0.319 e. The van der Waals surface area contributed by atoms with Crippen LogP contribution in [0.3, 0.4) is 0 Å². The second-order valence-electron chi connectivity index (χ2n) is 6.97. The van der Waals surface area contributed by atoms with Crippen molar-refractivity contribution < 1.29 is 14.3 Å². The van der Waals surface area contributed by atoms with Crippen molar-refractivity contribution in [1.82, 2.24) is 0 Å².